The van der Waals surface area contributed by atoms with E-state index < -0.39 is 17.7 Å². The molecule has 208 valence electrons. The highest BCUT2D eigenvalue weighted by atomic mass is 16.5. The highest BCUT2D eigenvalue weighted by Gasteiger charge is 2.46. The molecule has 0 bridgehead atoms. The fraction of sp³-hybridized carbons (Fsp3) is 0.333. The number of hydrogen-bond acceptors (Lipinski definition) is 6. The zero-order valence-corrected chi connectivity index (χ0v) is 23.2. The van der Waals surface area contributed by atoms with Crippen LogP contribution in [-0.2, 0) is 22.6 Å². The molecule has 0 aliphatic carbocycles. The molecule has 0 saturated carbocycles. The molecule has 2 atom stereocenters. The fourth-order valence-electron chi connectivity index (χ4n) is 5.40. The van der Waals surface area contributed by atoms with E-state index >= 15 is 0 Å². The maximum Gasteiger partial charge on any atom is 0.295 e. The molecule has 0 aromatic heterocycles. The van der Waals surface area contributed by atoms with E-state index in [2.05, 4.69) is 6.92 Å². The molecule has 1 amide bonds. The Morgan fingerprint density at radius 3 is 2.58 bits per heavy atom. The first kappa shape index (κ1) is 27.3. The standard InChI is InChI=1S/C33H35NO6/c1-4-5-9-16-39-27-15-12-23(19-28(27)38-3)30-29(31(35)24-13-14-26-25(18-24)17-21(2)40-26)32(36)33(37)34(30)20-22-10-7-6-8-11-22/h6-8,10-15,18-19,21,30,35H,4-5,9,16-17,20H2,1-3H3/b31-29+. The normalized spacial score (nSPS) is 19.4. The second-order valence-corrected chi connectivity index (χ2v) is 10.3. The maximum atomic E-state index is 13.5. The van der Waals surface area contributed by atoms with E-state index in [1.165, 1.54) is 4.90 Å². The highest BCUT2D eigenvalue weighted by Crippen LogP contribution is 2.43. The van der Waals surface area contributed by atoms with Gasteiger partial charge in [0.1, 0.15) is 17.6 Å². The number of aliphatic hydroxyl groups is 1. The quantitative estimate of drug-likeness (QED) is 0.142. The number of carbonyl (C=O) groups is 2. The van der Waals surface area contributed by atoms with Gasteiger partial charge in [0.15, 0.2) is 11.5 Å². The number of ether oxygens (including phenoxy) is 3. The molecule has 1 saturated heterocycles. The number of carbonyl (C=O) groups excluding carboxylic acids is 2. The summed E-state index contributed by atoms with van der Waals surface area (Å²) in [6, 6.07) is 19.5. The van der Waals surface area contributed by atoms with Crippen LogP contribution >= 0.6 is 0 Å². The second kappa shape index (κ2) is 11.9. The number of unbranched alkanes of at least 4 members (excludes halogenated alkanes) is 2. The molecule has 7 heteroatoms. The number of nitrogens with zero attached hydrogens (tertiary/aromatic N) is 1. The molecule has 3 aromatic carbocycles. The first-order chi connectivity index (χ1) is 19.4. The van der Waals surface area contributed by atoms with E-state index in [4.69, 9.17) is 14.2 Å². The van der Waals surface area contributed by atoms with E-state index in [9.17, 15) is 14.7 Å². The lowest BCUT2D eigenvalue weighted by Gasteiger charge is -2.26. The number of amides is 1. The first-order valence-electron chi connectivity index (χ1n) is 13.8. The predicted molar refractivity (Wildman–Crippen MR) is 153 cm³/mol. The third-order valence-corrected chi connectivity index (χ3v) is 7.41. The minimum Gasteiger partial charge on any atom is -0.507 e. The number of benzene rings is 3. The average Bonchev–Trinajstić information content (AvgIpc) is 3.46. The lowest BCUT2D eigenvalue weighted by atomic mass is 9.94. The van der Waals surface area contributed by atoms with Gasteiger partial charge in [-0.3, -0.25) is 9.59 Å². The minimum absolute atomic E-state index is 0.0408. The van der Waals surface area contributed by atoms with Gasteiger partial charge in [0.25, 0.3) is 11.7 Å². The molecular weight excluding hydrogens is 506 g/mol. The smallest absolute Gasteiger partial charge is 0.295 e. The van der Waals surface area contributed by atoms with Crippen LogP contribution in [0.4, 0.5) is 0 Å². The molecule has 3 aromatic rings. The van der Waals surface area contributed by atoms with Crippen molar-refractivity contribution in [1.82, 2.24) is 4.90 Å². The Bertz CT molecular complexity index is 1430. The van der Waals surface area contributed by atoms with Crippen molar-refractivity contribution in [1.29, 1.82) is 0 Å². The van der Waals surface area contributed by atoms with Crippen LogP contribution in [0.25, 0.3) is 5.76 Å². The molecule has 1 N–H and O–H groups in total. The monoisotopic (exact) mass is 541 g/mol. The van der Waals surface area contributed by atoms with E-state index in [0.717, 1.165) is 36.1 Å². The summed E-state index contributed by atoms with van der Waals surface area (Å²) in [6.45, 7) is 4.90. The topological polar surface area (TPSA) is 85.3 Å². The molecule has 40 heavy (non-hydrogen) atoms. The van der Waals surface area contributed by atoms with E-state index in [1.807, 2.05) is 49.4 Å². The first-order valence-corrected chi connectivity index (χ1v) is 13.8. The SMILES string of the molecule is CCCCCOc1ccc(C2/C(=C(\O)c3ccc4c(c3)CC(C)O4)C(=O)C(=O)N2Cc2ccccc2)cc1OC. The summed E-state index contributed by atoms with van der Waals surface area (Å²) in [6.07, 6.45) is 3.85. The molecule has 0 radical (unpaired) electrons. The van der Waals surface area contributed by atoms with Crippen LogP contribution in [0, 0.1) is 0 Å². The number of methoxy groups -OCH3 is 1. The predicted octanol–water partition coefficient (Wildman–Crippen LogP) is 6.21. The van der Waals surface area contributed by atoms with Crippen LogP contribution in [0.1, 0.15) is 61.4 Å². The number of Topliss-reactive ketones (excluding diaryl/α,β-unsaturated/α-hetero) is 1. The maximum absolute atomic E-state index is 13.5. The van der Waals surface area contributed by atoms with Crippen LogP contribution in [0.5, 0.6) is 17.2 Å². The minimum atomic E-state index is -0.813. The summed E-state index contributed by atoms with van der Waals surface area (Å²) in [5.41, 5.74) is 3.00. The van der Waals surface area contributed by atoms with Crippen LogP contribution in [-0.4, -0.2) is 41.5 Å². The van der Waals surface area contributed by atoms with Gasteiger partial charge in [-0.2, -0.15) is 0 Å². The number of ketones is 1. The molecule has 2 unspecified atom stereocenters. The molecule has 7 nitrogen and oxygen atoms in total. The van der Waals surface area contributed by atoms with Crippen molar-refractivity contribution < 1.29 is 28.9 Å². The van der Waals surface area contributed by atoms with Crippen molar-refractivity contribution in [2.75, 3.05) is 13.7 Å². The van der Waals surface area contributed by atoms with Gasteiger partial charge in [-0.25, -0.2) is 0 Å². The van der Waals surface area contributed by atoms with E-state index in [-0.39, 0.29) is 24.0 Å². The largest absolute Gasteiger partial charge is 0.507 e. The van der Waals surface area contributed by atoms with Gasteiger partial charge < -0.3 is 24.2 Å². The zero-order valence-electron chi connectivity index (χ0n) is 23.2. The lowest BCUT2D eigenvalue weighted by Crippen LogP contribution is -2.29. The number of likely N-dealkylation sites (tertiary alicyclic amines) is 1. The van der Waals surface area contributed by atoms with Crippen molar-refractivity contribution in [2.24, 2.45) is 0 Å². The number of rotatable bonds is 10. The highest BCUT2D eigenvalue weighted by molar-refractivity contribution is 6.46. The Labute approximate surface area is 235 Å². The van der Waals surface area contributed by atoms with Crippen LogP contribution in [0.15, 0.2) is 72.3 Å². The third-order valence-electron chi connectivity index (χ3n) is 7.41. The molecule has 2 aliphatic heterocycles. The van der Waals surface area contributed by atoms with Crippen LogP contribution in [0.2, 0.25) is 0 Å². The Morgan fingerprint density at radius 1 is 1.02 bits per heavy atom. The van der Waals surface area contributed by atoms with E-state index in [0.29, 0.717) is 35.7 Å². The average molecular weight is 542 g/mol. The Kier molecular flexibility index (Phi) is 8.10. The van der Waals surface area contributed by atoms with Gasteiger partial charge in [-0.05, 0) is 60.4 Å². The lowest BCUT2D eigenvalue weighted by molar-refractivity contribution is -0.140. The summed E-state index contributed by atoms with van der Waals surface area (Å²) >= 11 is 0. The summed E-state index contributed by atoms with van der Waals surface area (Å²) in [5, 5.41) is 11.6. The van der Waals surface area contributed by atoms with Gasteiger partial charge in [0.05, 0.1) is 25.3 Å². The van der Waals surface area contributed by atoms with Crippen molar-refractivity contribution in [3.8, 4) is 17.2 Å². The molecule has 5 rings (SSSR count). The van der Waals surface area contributed by atoms with E-state index in [1.54, 1.807) is 31.4 Å². The van der Waals surface area contributed by atoms with Gasteiger partial charge in [0.2, 0.25) is 0 Å². The van der Waals surface area contributed by atoms with Crippen molar-refractivity contribution in [2.45, 2.75) is 58.2 Å². The second-order valence-electron chi connectivity index (χ2n) is 10.3. The summed E-state index contributed by atoms with van der Waals surface area (Å²) in [5.74, 6) is 0.275. The zero-order chi connectivity index (χ0) is 28.2. The van der Waals surface area contributed by atoms with Gasteiger partial charge >= 0.3 is 0 Å². The summed E-state index contributed by atoms with van der Waals surface area (Å²) in [4.78, 5) is 28.5. The van der Waals surface area contributed by atoms with Crippen LogP contribution in [0.3, 0.4) is 0 Å². The molecule has 2 heterocycles. The van der Waals surface area contributed by atoms with Gasteiger partial charge in [-0.1, -0.05) is 56.2 Å². The molecule has 0 spiro atoms. The van der Waals surface area contributed by atoms with Gasteiger partial charge in [0, 0.05) is 18.5 Å². The number of fused-ring (bicyclic) bond motifs is 1. The van der Waals surface area contributed by atoms with Crippen LogP contribution < -0.4 is 14.2 Å². The molecule has 2 aliphatic rings. The van der Waals surface area contributed by atoms with Crippen molar-refractivity contribution in [3.63, 3.8) is 0 Å². The summed E-state index contributed by atoms with van der Waals surface area (Å²) in [7, 11) is 1.56. The fourth-order valence-corrected chi connectivity index (χ4v) is 5.40. The number of aliphatic hydroxyl groups excluding tert-OH is 1. The van der Waals surface area contributed by atoms with Gasteiger partial charge in [-0.15, -0.1) is 0 Å². The Morgan fingerprint density at radius 2 is 1.82 bits per heavy atom. The van der Waals surface area contributed by atoms with Crippen molar-refractivity contribution in [3.05, 3.63) is 94.6 Å². The summed E-state index contributed by atoms with van der Waals surface area (Å²) < 4.78 is 17.4. The Balaban J connectivity index is 1.58. The number of hydrogen-bond donors (Lipinski definition) is 1. The molecular formula is C33H35NO6. The molecule has 1 fully saturated rings. The Hall–Kier alpha value is -4.26. The van der Waals surface area contributed by atoms with Crippen molar-refractivity contribution >= 4 is 17.4 Å². The third kappa shape index (κ3) is 5.41.